The predicted octanol–water partition coefficient (Wildman–Crippen LogP) is 2.59. The van der Waals surface area contributed by atoms with E-state index in [1.807, 2.05) is 0 Å². The minimum absolute atomic E-state index is 0.0327. The molecule has 0 radical (unpaired) electrons. The Hall–Kier alpha value is -2.63. The number of nitro groups is 1. The maximum atomic E-state index is 13.0. The lowest BCUT2D eigenvalue weighted by molar-refractivity contribution is -0.385. The van der Waals surface area contributed by atoms with E-state index in [1.165, 1.54) is 13.0 Å². The number of hydrogen-bond donors (Lipinski definition) is 0. The summed E-state index contributed by atoms with van der Waals surface area (Å²) in [6.07, 6.45) is -5.72. The van der Waals surface area contributed by atoms with Crippen molar-refractivity contribution in [2.24, 2.45) is 0 Å². The van der Waals surface area contributed by atoms with Gasteiger partial charge >= 0.3 is 12.1 Å². The number of rotatable bonds is 4. The number of benzene rings is 1. The number of halogens is 3. The molecule has 0 bridgehead atoms. The van der Waals surface area contributed by atoms with Gasteiger partial charge in [-0.1, -0.05) is 0 Å². The third-order valence-corrected chi connectivity index (χ3v) is 2.50. The van der Waals surface area contributed by atoms with E-state index >= 15 is 0 Å². The smallest absolute Gasteiger partial charge is 0.416 e. The lowest BCUT2D eigenvalue weighted by atomic mass is 9.97. The summed E-state index contributed by atoms with van der Waals surface area (Å²) < 4.78 is 43.4. The van der Waals surface area contributed by atoms with Gasteiger partial charge in [0.1, 0.15) is 0 Å². The normalized spacial score (nSPS) is 10.8. The highest BCUT2D eigenvalue weighted by Crippen LogP contribution is 2.36. The van der Waals surface area contributed by atoms with Crippen molar-refractivity contribution in [3.63, 3.8) is 0 Å². The van der Waals surface area contributed by atoms with Crippen molar-refractivity contribution in [3.8, 4) is 6.07 Å². The summed E-state index contributed by atoms with van der Waals surface area (Å²) in [5.74, 6) is -0.951. The van der Waals surface area contributed by atoms with Crippen LogP contribution in [0.3, 0.4) is 0 Å². The largest absolute Gasteiger partial charge is 0.466 e. The molecule has 0 spiro atoms. The molecule has 1 aromatic rings. The molecule has 9 heteroatoms. The molecule has 0 unspecified atom stereocenters. The monoisotopic (exact) mass is 302 g/mol. The van der Waals surface area contributed by atoms with Gasteiger partial charge in [0.15, 0.2) is 0 Å². The van der Waals surface area contributed by atoms with Gasteiger partial charge in [0, 0.05) is 12.1 Å². The molecule has 0 amide bonds. The second-order valence-corrected chi connectivity index (χ2v) is 3.87. The predicted molar refractivity (Wildman–Crippen MR) is 63.2 cm³/mol. The van der Waals surface area contributed by atoms with Crippen molar-refractivity contribution in [3.05, 3.63) is 38.9 Å². The van der Waals surface area contributed by atoms with Gasteiger partial charge in [-0.3, -0.25) is 14.9 Å². The average Bonchev–Trinajstić information content (AvgIpc) is 2.37. The number of nitriles is 1. The number of ether oxygens (including phenoxy) is 1. The number of hydrogen-bond acceptors (Lipinski definition) is 5. The van der Waals surface area contributed by atoms with Crippen molar-refractivity contribution in [2.45, 2.75) is 19.5 Å². The molecule has 0 N–H and O–H groups in total. The molecular formula is C12H9F3N2O4. The van der Waals surface area contributed by atoms with Gasteiger partial charge in [0.25, 0.3) is 5.69 Å². The summed E-state index contributed by atoms with van der Waals surface area (Å²) in [7, 11) is 0. The third kappa shape index (κ3) is 3.92. The van der Waals surface area contributed by atoms with Crippen molar-refractivity contribution in [2.75, 3.05) is 6.61 Å². The van der Waals surface area contributed by atoms with E-state index in [-0.39, 0.29) is 6.61 Å². The zero-order valence-electron chi connectivity index (χ0n) is 10.7. The molecule has 0 aliphatic carbocycles. The van der Waals surface area contributed by atoms with Gasteiger partial charge in [-0.25, -0.2) is 0 Å². The zero-order valence-corrected chi connectivity index (χ0v) is 10.7. The molecular weight excluding hydrogens is 293 g/mol. The lowest BCUT2D eigenvalue weighted by Crippen LogP contribution is -2.16. The van der Waals surface area contributed by atoms with Crippen molar-refractivity contribution >= 4 is 11.7 Å². The fraction of sp³-hybridized carbons (Fsp3) is 0.333. The summed E-state index contributed by atoms with van der Waals surface area (Å²) in [4.78, 5) is 20.9. The molecule has 0 aromatic heterocycles. The van der Waals surface area contributed by atoms with Gasteiger partial charge in [-0.15, -0.1) is 0 Å². The lowest BCUT2D eigenvalue weighted by Gasteiger charge is -2.13. The molecule has 0 heterocycles. The third-order valence-electron chi connectivity index (χ3n) is 2.50. The van der Waals surface area contributed by atoms with Crippen LogP contribution in [0.25, 0.3) is 0 Å². The van der Waals surface area contributed by atoms with Gasteiger partial charge in [0.05, 0.1) is 35.1 Å². The van der Waals surface area contributed by atoms with Gasteiger partial charge in [0.2, 0.25) is 0 Å². The Morgan fingerprint density at radius 3 is 2.52 bits per heavy atom. The van der Waals surface area contributed by atoms with Crippen LogP contribution in [-0.2, 0) is 22.1 Å². The quantitative estimate of drug-likeness (QED) is 0.484. The van der Waals surface area contributed by atoms with Crippen LogP contribution >= 0.6 is 0 Å². The summed E-state index contributed by atoms with van der Waals surface area (Å²) in [5.41, 5.74) is -3.47. The van der Waals surface area contributed by atoms with E-state index in [9.17, 15) is 28.1 Å². The van der Waals surface area contributed by atoms with Crippen LogP contribution in [0.1, 0.15) is 23.6 Å². The minimum Gasteiger partial charge on any atom is -0.466 e. The van der Waals surface area contributed by atoms with Crippen LogP contribution in [0.4, 0.5) is 18.9 Å². The Balaban J connectivity index is 3.48. The zero-order chi connectivity index (χ0) is 16.2. The van der Waals surface area contributed by atoms with Gasteiger partial charge in [-0.2, -0.15) is 18.4 Å². The first-order valence-corrected chi connectivity index (χ1v) is 5.65. The fourth-order valence-electron chi connectivity index (χ4n) is 1.66. The van der Waals surface area contributed by atoms with E-state index in [0.29, 0.717) is 12.1 Å². The minimum atomic E-state index is -4.93. The molecule has 0 saturated heterocycles. The summed E-state index contributed by atoms with van der Waals surface area (Å²) in [5, 5.41) is 19.5. The Morgan fingerprint density at radius 2 is 2.10 bits per heavy atom. The maximum Gasteiger partial charge on any atom is 0.416 e. The van der Waals surface area contributed by atoms with E-state index in [0.717, 1.165) is 0 Å². The van der Waals surface area contributed by atoms with Crippen LogP contribution in [0, 0.1) is 21.4 Å². The number of carbonyl (C=O) groups is 1. The number of esters is 1. The maximum absolute atomic E-state index is 13.0. The Kier molecular flexibility index (Phi) is 4.86. The van der Waals surface area contributed by atoms with Crippen molar-refractivity contribution in [1.82, 2.24) is 0 Å². The van der Waals surface area contributed by atoms with E-state index in [1.54, 1.807) is 0 Å². The average molecular weight is 302 g/mol. The summed E-state index contributed by atoms with van der Waals surface area (Å²) in [6, 6.07) is 2.44. The highest BCUT2D eigenvalue weighted by atomic mass is 19.4. The standard InChI is InChI=1S/C12H9F3N2O4/c1-2-21-11(18)5-9-7(6-16)3-8(17(19)20)4-10(9)12(13,14)15/h3-4H,2,5H2,1H3. The molecule has 0 aliphatic rings. The first kappa shape index (κ1) is 16.4. The number of carbonyl (C=O) groups excluding carboxylic acids is 1. The Morgan fingerprint density at radius 1 is 1.48 bits per heavy atom. The van der Waals surface area contributed by atoms with Gasteiger partial charge < -0.3 is 4.74 Å². The highest BCUT2D eigenvalue weighted by molar-refractivity contribution is 5.75. The molecule has 21 heavy (non-hydrogen) atoms. The molecule has 1 rings (SSSR count). The van der Waals surface area contributed by atoms with Gasteiger partial charge in [-0.05, 0) is 12.5 Å². The van der Waals surface area contributed by atoms with Crippen LogP contribution in [-0.4, -0.2) is 17.5 Å². The second-order valence-electron chi connectivity index (χ2n) is 3.87. The second kappa shape index (κ2) is 6.21. The Bertz CT molecular complexity index is 620. The molecule has 0 saturated carbocycles. The van der Waals surface area contributed by atoms with Crippen molar-refractivity contribution < 1.29 is 27.6 Å². The molecule has 0 aliphatic heterocycles. The van der Waals surface area contributed by atoms with Crippen LogP contribution in [0.15, 0.2) is 12.1 Å². The van der Waals surface area contributed by atoms with Crippen LogP contribution < -0.4 is 0 Å². The molecule has 1 aromatic carbocycles. The summed E-state index contributed by atoms with van der Waals surface area (Å²) in [6.45, 7) is 1.44. The first-order chi connectivity index (χ1) is 9.70. The fourth-order valence-corrected chi connectivity index (χ4v) is 1.66. The molecule has 0 atom stereocenters. The van der Waals surface area contributed by atoms with E-state index in [4.69, 9.17) is 5.26 Å². The number of alkyl halides is 3. The SMILES string of the molecule is CCOC(=O)Cc1c(C#N)cc([N+](=O)[O-])cc1C(F)(F)F. The first-order valence-electron chi connectivity index (χ1n) is 5.65. The molecule has 0 fully saturated rings. The number of nitro benzene ring substituents is 1. The molecule has 6 nitrogen and oxygen atoms in total. The van der Waals surface area contributed by atoms with Crippen LogP contribution in [0.2, 0.25) is 0 Å². The molecule has 112 valence electrons. The summed E-state index contributed by atoms with van der Waals surface area (Å²) >= 11 is 0. The number of non-ortho nitro benzene ring substituents is 1. The Labute approximate surface area is 116 Å². The highest BCUT2D eigenvalue weighted by Gasteiger charge is 2.37. The number of nitrogens with zero attached hydrogens (tertiary/aromatic N) is 2. The van der Waals surface area contributed by atoms with E-state index < -0.39 is 45.9 Å². The topological polar surface area (TPSA) is 93.2 Å². The van der Waals surface area contributed by atoms with Crippen LogP contribution in [0.5, 0.6) is 0 Å². The van der Waals surface area contributed by atoms with E-state index in [2.05, 4.69) is 4.74 Å². The van der Waals surface area contributed by atoms with Crippen molar-refractivity contribution in [1.29, 1.82) is 5.26 Å².